The van der Waals surface area contributed by atoms with E-state index in [0.717, 1.165) is 0 Å². The van der Waals surface area contributed by atoms with Crippen molar-refractivity contribution < 1.29 is 19.3 Å². The Labute approximate surface area is 75.5 Å². The third-order valence-corrected chi connectivity index (χ3v) is 3.72. The van der Waals surface area contributed by atoms with Gasteiger partial charge in [0.25, 0.3) is 0 Å². The van der Waals surface area contributed by atoms with Gasteiger partial charge >= 0.3 is 0 Å². The lowest BCUT2D eigenvalue weighted by Crippen LogP contribution is -2.42. The molecule has 0 aromatic rings. The Balaban J connectivity index is 1.99. The van der Waals surface area contributed by atoms with Gasteiger partial charge in [0.05, 0.1) is 11.7 Å². The summed E-state index contributed by atoms with van der Waals surface area (Å²) in [5.41, 5.74) is -4.10. The van der Waals surface area contributed by atoms with Crippen molar-refractivity contribution in [3.8, 4) is 0 Å². The largest absolute Gasteiger partial charge is 0.387 e. The lowest BCUT2D eigenvalue weighted by molar-refractivity contribution is -0.0949. The van der Waals surface area contributed by atoms with Crippen molar-refractivity contribution in [3.63, 3.8) is 0 Å². The van der Waals surface area contributed by atoms with Gasteiger partial charge in [0, 0.05) is 19.3 Å². The second-order valence-electron chi connectivity index (χ2n) is 4.88. The molecule has 1 heterocycles. The van der Waals surface area contributed by atoms with E-state index in [1.54, 1.807) is 0 Å². The van der Waals surface area contributed by atoms with E-state index < -0.39 is 23.0 Å². The normalized spacial score (nSPS) is 69.2. The van der Waals surface area contributed by atoms with Gasteiger partial charge < -0.3 is 14.9 Å². The maximum atomic E-state index is 13.7. The molecule has 1 saturated heterocycles. The molecule has 0 radical (unpaired) electrons. The van der Waals surface area contributed by atoms with E-state index in [0.29, 0.717) is 6.42 Å². The summed E-state index contributed by atoms with van der Waals surface area (Å²) < 4.78 is 19.0. The molecule has 0 spiro atoms. The Morgan fingerprint density at radius 1 is 1.38 bits per heavy atom. The van der Waals surface area contributed by atoms with Crippen LogP contribution in [0.2, 0.25) is 0 Å². The lowest BCUT2D eigenvalue weighted by atomic mass is 9.91. The Morgan fingerprint density at radius 2 is 2.08 bits per heavy atom. The topological polar surface area (TPSA) is 49.7 Å². The van der Waals surface area contributed by atoms with Gasteiger partial charge in [-0.25, -0.2) is 4.39 Å². The van der Waals surface area contributed by atoms with Gasteiger partial charge in [0.1, 0.15) is 17.4 Å². The van der Waals surface area contributed by atoms with Crippen LogP contribution in [0.1, 0.15) is 26.2 Å². The Morgan fingerprint density at radius 3 is 2.69 bits per heavy atom. The molecule has 3 fully saturated rings. The zero-order valence-electron chi connectivity index (χ0n) is 7.46. The van der Waals surface area contributed by atoms with Crippen LogP contribution in [0.4, 0.5) is 4.39 Å². The van der Waals surface area contributed by atoms with E-state index in [9.17, 15) is 14.6 Å². The average molecular weight is 188 g/mol. The molecular weight excluding hydrogens is 175 g/mol. The van der Waals surface area contributed by atoms with Gasteiger partial charge in [-0.2, -0.15) is 0 Å². The van der Waals surface area contributed by atoms with Crippen LogP contribution in [0.5, 0.6) is 0 Å². The van der Waals surface area contributed by atoms with Crippen LogP contribution in [0.3, 0.4) is 0 Å². The molecule has 1 aliphatic heterocycles. The maximum Gasteiger partial charge on any atom is 0.148 e. The summed E-state index contributed by atoms with van der Waals surface area (Å²) in [6.45, 7) is 1.84. The summed E-state index contributed by atoms with van der Waals surface area (Å²) >= 11 is 0. The van der Waals surface area contributed by atoms with E-state index in [1.165, 1.54) is 0 Å². The van der Waals surface area contributed by atoms with Crippen LogP contribution in [0.15, 0.2) is 0 Å². The molecule has 0 aromatic carbocycles. The molecule has 2 aliphatic carbocycles. The van der Waals surface area contributed by atoms with Gasteiger partial charge in [0.15, 0.2) is 0 Å². The number of hydrogen-bond acceptors (Lipinski definition) is 3. The molecule has 13 heavy (non-hydrogen) atoms. The molecule has 0 bridgehead atoms. The van der Waals surface area contributed by atoms with E-state index in [1.807, 2.05) is 6.92 Å². The minimum Gasteiger partial charge on any atom is -0.387 e. The number of halogens is 1. The highest BCUT2D eigenvalue weighted by atomic mass is 19.1. The van der Waals surface area contributed by atoms with Gasteiger partial charge in [-0.15, -0.1) is 0 Å². The average Bonchev–Trinajstić information content (AvgIpc) is 2.27. The van der Waals surface area contributed by atoms with Crippen LogP contribution < -0.4 is 0 Å². The van der Waals surface area contributed by atoms with Crippen molar-refractivity contribution in [3.05, 3.63) is 0 Å². The second kappa shape index (κ2) is 1.78. The van der Waals surface area contributed by atoms with Crippen LogP contribution in [0, 0.1) is 0 Å². The first-order valence-corrected chi connectivity index (χ1v) is 4.69. The highest BCUT2D eigenvalue weighted by Gasteiger charge is 2.84. The summed E-state index contributed by atoms with van der Waals surface area (Å²) in [6, 6.07) is 0. The number of aliphatic hydroxyl groups is 2. The monoisotopic (exact) mass is 188 g/mol. The zero-order valence-corrected chi connectivity index (χ0v) is 7.46. The summed E-state index contributed by atoms with van der Waals surface area (Å²) in [7, 11) is 0. The summed E-state index contributed by atoms with van der Waals surface area (Å²) in [4.78, 5) is 0. The molecule has 4 heteroatoms. The fourth-order valence-electron chi connectivity index (χ4n) is 3.15. The van der Waals surface area contributed by atoms with Crippen molar-refractivity contribution >= 4 is 0 Å². The number of ether oxygens (including phenoxy) is 1. The van der Waals surface area contributed by atoms with Crippen LogP contribution in [0.25, 0.3) is 0 Å². The first-order chi connectivity index (χ1) is 5.90. The number of fused-ring (bicyclic) bond motifs is 3. The lowest BCUT2D eigenvalue weighted by Gasteiger charge is -2.24. The minimum atomic E-state index is -1.58. The van der Waals surface area contributed by atoms with Crippen molar-refractivity contribution in [1.82, 2.24) is 0 Å². The third kappa shape index (κ3) is 0.717. The second-order valence-corrected chi connectivity index (χ2v) is 4.88. The summed E-state index contributed by atoms with van der Waals surface area (Å²) in [5.74, 6) is 0. The molecule has 5 atom stereocenters. The SMILES string of the molecule is C[C@H]1C[C@@]2(O)C[C@]3(F)C[C@]3(O)[C@H]2O1. The third-order valence-electron chi connectivity index (χ3n) is 3.72. The number of rotatable bonds is 0. The van der Waals surface area contributed by atoms with Crippen molar-refractivity contribution in [1.29, 1.82) is 0 Å². The molecule has 74 valence electrons. The number of hydrogen-bond donors (Lipinski definition) is 2. The molecule has 2 N–H and O–H groups in total. The fourth-order valence-corrected chi connectivity index (χ4v) is 3.15. The molecule has 3 aliphatic rings. The van der Waals surface area contributed by atoms with Crippen LogP contribution in [-0.4, -0.2) is 39.3 Å². The summed E-state index contributed by atoms with van der Waals surface area (Å²) in [5, 5.41) is 19.8. The molecular formula is C9H13FO3. The van der Waals surface area contributed by atoms with Gasteiger partial charge in [0.2, 0.25) is 0 Å². The summed E-state index contributed by atoms with van der Waals surface area (Å²) in [6.07, 6.45) is -0.194. The predicted molar refractivity (Wildman–Crippen MR) is 41.9 cm³/mol. The smallest absolute Gasteiger partial charge is 0.148 e. The maximum absolute atomic E-state index is 13.7. The number of alkyl halides is 1. The van der Waals surface area contributed by atoms with E-state index >= 15 is 0 Å². The van der Waals surface area contributed by atoms with E-state index in [2.05, 4.69) is 0 Å². The molecule has 2 saturated carbocycles. The highest BCUT2D eigenvalue weighted by molar-refractivity contribution is 5.34. The Kier molecular flexibility index (Phi) is 1.12. The molecule has 0 amide bonds. The first-order valence-electron chi connectivity index (χ1n) is 4.69. The van der Waals surface area contributed by atoms with Crippen molar-refractivity contribution in [2.75, 3.05) is 0 Å². The predicted octanol–water partition coefficient (Wildman–Crippen LogP) is 0.142. The van der Waals surface area contributed by atoms with Crippen LogP contribution >= 0.6 is 0 Å². The molecule has 3 rings (SSSR count). The van der Waals surface area contributed by atoms with E-state index in [4.69, 9.17) is 4.74 Å². The van der Waals surface area contributed by atoms with Crippen LogP contribution in [-0.2, 0) is 4.74 Å². The van der Waals surface area contributed by atoms with Gasteiger partial charge in [-0.1, -0.05) is 0 Å². The standard InChI is InChI=1S/C9H13FO3/c1-5-2-7(11)3-8(10)4-9(8,12)6(7)13-5/h5-6,11-12H,2-4H2,1H3/t5-,6-,7+,8-,9-/m0/s1. The molecule has 3 nitrogen and oxygen atoms in total. The van der Waals surface area contributed by atoms with Crippen molar-refractivity contribution in [2.45, 2.75) is 55.3 Å². The van der Waals surface area contributed by atoms with Crippen molar-refractivity contribution in [2.24, 2.45) is 0 Å². The molecule has 0 aromatic heterocycles. The van der Waals surface area contributed by atoms with Gasteiger partial charge in [-0.05, 0) is 6.92 Å². The van der Waals surface area contributed by atoms with Gasteiger partial charge in [-0.3, -0.25) is 0 Å². The minimum absolute atomic E-state index is 0.0332. The highest BCUT2D eigenvalue weighted by Crippen LogP contribution is 2.68. The zero-order chi connectivity index (χ0) is 9.48. The van der Waals surface area contributed by atoms with E-state index in [-0.39, 0.29) is 18.9 Å². The Bertz CT molecular complexity index is 284. The first kappa shape index (κ1) is 8.15. The Hall–Kier alpha value is -0.190. The molecule has 0 unspecified atom stereocenters. The fraction of sp³-hybridized carbons (Fsp3) is 1.00. The quantitative estimate of drug-likeness (QED) is 0.568.